The first-order chi connectivity index (χ1) is 19.2. The Morgan fingerprint density at radius 3 is 2.51 bits per heavy atom. The van der Waals surface area contributed by atoms with E-state index in [1.807, 2.05) is 0 Å². The van der Waals surface area contributed by atoms with Crippen LogP contribution >= 0.6 is 35.0 Å². The molecule has 1 aromatic carbocycles. The fourth-order valence-electron chi connectivity index (χ4n) is 4.18. The molecular formula is C23H29Cl2N7O7S2. The number of sulfonamides is 1. The molecule has 0 saturated carbocycles. The fraction of sp³-hybridized carbons (Fsp3) is 0.522. The van der Waals surface area contributed by atoms with Crippen molar-refractivity contribution in [3.05, 3.63) is 28.2 Å². The maximum absolute atomic E-state index is 13.2. The number of hydrogen-bond donors (Lipinski definition) is 3. The number of likely N-dealkylation sites (tertiary alicyclic amines) is 1. The lowest BCUT2D eigenvalue weighted by Gasteiger charge is -2.31. The van der Waals surface area contributed by atoms with Gasteiger partial charge < -0.3 is 15.3 Å². The van der Waals surface area contributed by atoms with Gasteiger partial charge in [0.05, 0.1) is 27.6 Å². The molecule has 1 saturated heterocycles. The molecule has 4 atom stereocenters. The van der Waals surface area contributed by atoms with Crippen molar-refractivity contribution in [3.8, 4) is 0 Å². The molecule has 1 aliphatic rings. The van der Waals surface area contributed by atoms with Gasteiger partial charge in [0.15, 0.2) is 5.78 Å². The van der Waals surface area contributed by atoms with E-state index in [0.29, 0.717) is 27.8 Å². The van der Waals surface area contributed by atoms with E-state index in [9.17, 15) is 32.7 Å². The number of ketones is 1. The van der Waals surface area contributed by atoms with Crippen molar-refractivity contribution in [1.29, 1.82) is 0 Å². The van der Waals surface area contributed by atoms with Gasteiger partial charge in [0.2, 0.25) is 27.0 Å². The Balaban J connectivity index is 1.71. The number of benzene rings is 1. The lowest BCUT2D eigenvalue weighted by atomic mass is 9.98. The van der Waals surface area contributed by atoms with Crippen molar-refractivity contribution in [2.24, 2.45) is 5.92 Å². The standard InChI is InChI=1S/C23H29Cl2N7O7S2/c1-12-6-5-9-31(22(37)19(12)29-41(3,38)39)13(2)21(36)26-16(10-18(34)35)17(33)11-32-28-23(27-30-32)40-20-14(24)7-4-8-15(20)25/h4,7-8,12-13,16,19,29H,5-6,9-11H2,1-3H3,(H,26,36)(H,34,35)/t12-,13+,16?,19+/m1/s1. The number of aromatic nitrogens is 4. The van der Waals surface area contributed by atoms with E-state index in [0.717, 1.165) is 22.8 Å². The quantitative estimate of drug-likeness (QED) is 0.299. The maximum atomic E-state index is 13.2. The van der Waals surface area contributed by atoms with Crippen LogP contribution in [0.3, 0.4) is 0 Å². The van der Waals surface area contributed by atoms with Gasteiger partial charge in [0.1, 0.15) is 24.7 Å². The van der Waals surface area contributed by atoms with Crippen LogP contribution in [0.2, 0.25) is 10.0 Å². The molecule has 2 amide bonds. The zero-order valence-corrected chi connectivity index (χ0v) is 25.4. The van der Waals surface area contributed by atoms with Gasteiger partial charge >= 0.3 is 5.97 Å². The Morgan fingerprint density at radius 2 is 1.90 bits per heavy atom. The predicted molar refractivity (Wildman–Crippen MR) is 149 cm³/mol. The number of aliphatic carboxylic acids is 1. The molecule has 3 rings (SSSR count). The monoisotopic (exact) mass is 649 g/mol. The Labute approximate surface area is 250 Å². The van der Waals surface area contributed by atoms with E-state index in [2.05, 4.69) is 25.4 Å². The second kappa shape index (κ2) is 13.9. The molecule has 14 nitrogen and oxygen atoms in total. The van der Waals surface area contributed by atoms with Gasteiger partial charge in [-0.25, -0.2) is 13.1 Å². The SMILES string of the molecule is C[C@@H]1CCCN([C@@H](C)C(=O)NC(CC(=O)O)C(=O)Cn2nnc(Sc3c(Cl)cccc3Cl)n2)C(=O)[C@H]1NS(C)(=O)=O. The van der Waals surface area contributed by atoms with Crippen molar-refractivity contribution in [3.63, 3.8) is 0 Å². The molecule has 41 heavy (non-hydrogen) atoms. The maximum Gasteiger partial charge on any atom is 0.305 e. The summed E-state index contributed by atoms with van der Waals surface area (Å²) in [5, 5.41) is 24.4. The van der Waals surface area contributed by atoms with Gasteiger partial charge in [-0.15, -0.1) is 10.2 Å². The number of carboxylic acids is 1. The van der Waals surface area contributed by atoms with Crippen LogP contribution in [0.25, 0.3) is 0 Å². The third-order valence-electron chi connectivity index (χ3n) is 6.29. The van der Waals surface area contributed by atoms with Gasteiger partial charge in [0, 0.05) is 6.54 Å². The zero-order chi connectivity index (χ0) is 30.5. The first-order valence-corrected chi connectivity index (χ1v) is 15.8. The van der Waals surface area contributed by atoms with E-state index >= 15 is 0 Å². The molecule has 0 aliphatic carbocycles. The lowest BCUT2D eigenvalue weighted by molar-refractivity contribution is -0.143. The number of nitrogens with one attached hydrogen (secondary N) is 2. The van der Waals surface area contributed by atoms with Crippen LogP contribution in [0.1, 0.15) is 33.1 Å². The summed E-state index contributed by atoms with van der Waals surface area (Å²) < 4.78 is 26.0. The Morgan fingerprint density at radius 1 is 1.24 bits per heavy atom. The lowest BCUT2D eigenvalue weighted by Crippen LogP contribution is -2.57. The summed E-state index contributed by atoms with van der Waals surface area (Å²) in [7, 11) is -3.71. The predicted octanol–water partition coefficient (Wildman–Crippen LogP) is 1.22. The van der Waals surface area contributed by atoms with Gasteiger partial charge in [0.25, 0.3) is 0 Å². The number of carboxylic acid groups (broad SMARTS) is 1. The minimum Gasteiger partial charge on any atom is -0.481 e. The van der Waals surface area contributed by atoms with Crippen LogP contribution in [-0.2, 0) is 35.7 Å². The Bertz CT molecular complexity index is 1400. The third kappa shape index (κ3) is 9.10. The average molecular weight is 651 g/mol. The number of halogens is 2. The molecule has 0 bridgehead atoms. The Hall–Kier alpha value is -2.79. The highest BCUT2D eigenvalue weighted by molar-refractivity contribution is 7.99. The molecule has 1 aromatic heterocycles. The van der Waals surface area contributed by atoms with E-state index in [1.54, 1.807) is 25.1 Å². The minimum absolute atomic E-state index is 0.131. The summed E-state index contributed by atoms with van der Waals surface area (Å²) in [4.78, 5) is 53.5. The van der Waals surface area contributed by atoms with Crippen molar-refractivity contribution in [1.82, 2.24) is 35.1 Å². The van der Waals surface area contributed by atoms with E-state index in [-0.39, 0.29) is 17.6 Å². The molecule has 224 valence electrons. The van der Waals surface area contributed by atoms with Crippen LogP contribution in [-0.4, -0.2) is 93.1 Å². The van der Waals surface area contributed by atoms with Crippen LogP contribution in [0.15, 0.2) is 28.3 Å². The number of Topliss-reactive ketones (excluding diaryl/α,β-unsaturated/α-hetero) is 1. The molecular weight excluding hydrogens is 621 g/mol. The molecule has 2 aromatic rings. The second-order valence-electron chi connectivity index (χ2n) is 9.58. The largest absolute Gasteiger partial charge is 0.481 e. The first kappa shape index (κ1) is 32.7. The summed E-state index contributed by atoms with van der Waals surface area (Å²) in [5.74, 6) is -3.73. The first-order valence-electron chi connectivity index (χ1n) is 12.4. The van der Waals surface area contributed by atoms with Crippen molar-refractivity contribution in [2.75, 3.05) is 12.8 Å². The topological polar surface area (TPSA) is 194 Å². The summed E-state index contributed by atoms with van der Waals surface area (Å²) in [6.07, 6.45) is 1.27. The van der Waals surface area contributed by atoms with Gasteiger partial charge in [-0.05, 0) is 54.8 Å². The van der Waals surface area contributed by atoms with Crippen LogP contribution in [0.4, 0.5) is 0 Å². The zero-order valence-electron chi connectivity index (χ0n) is 22.3. The van der Waals surface area contributed by atoms with Crippen molar-refractivity contribution < 1.29 is 32.7 Å². The molecule has 1 aliphatic heterocycles. The summed E-state index contributed by atoms with van der Waals surface area (Å²) in [5.41, 5.74) is 0. The van der Waals surface area contributed by atoms with Crippen LogP contribution < -0.4 is 10.0 Å². The number of carbonyl (C=O) groups excluding carboxylic acids is 3. The Kier molecular flexibility index (Phi) is 11.1. The number of tetrazole rings is 1. The number of amides is 2. The number of rotatable bonds is 12. The molecule has 0 radical (unpaired) electrons. The molecule has 1 fully saturated rings. The van der Waals surface area contributed by atoms with Crippen LogP contribution in [0.5, 0.6) is 0 Å². The van der Waals surface area contributed by atoms with Crippen LogP contribution in [0, 0.1) is 5.92 Å². The fourth-order valence-corrected chi connectivity index (χ4v) is 6.32. The van der Waals surface area contributed by atoms with Gasteiger partial charge in [-0.2, -0.15) is 4.80 Å². The number of carbonyl (C=O) groups is 4. The van der Waals surface area contributed by atoms with Gasteiger partial charge in [-0.1, -0.05) is 36.2 Å². The minimum atomic E-state index is -3.71. The van der Waals surface area contributed by atoms with E-state index in [1.165, 1.54) is 11.8 Å². The normalized spacial score (nSPS) is 19.3. The van der Waals surface area contributed by atoms with E-state index < -0.39 is 64.7 Å². The second-order valence-corrected chi connectivity index (χ2v) is 13.1. The summed E-state index contributed by atoms with van der Waals surface area (Å²) >= 11 is 13.3. The van der Waals surface area contributed by atoms with Crippen molar-refractivity contribution in [2.45, 2.75) is 67.8 Å². The number of nitrogens with zero attached hydrogens (tertiary/aromatic N) is 5. The molecule has 2 heterocycles. The highest BCUT2D eigenvalue weighted by Crippen LogP contribution is 2.36. The average Bonchev–Trinajstić information content (AvgIpc) is 3.26. The number of hydrogen-bond acceptors (Lipinski definition) is 10. The molecule has 18 heteroatoms. The molecule has 1 unspecified atom stereocenters. The summed E-state index contributed by atoms with van der Waals surface area (Å²) in [6.45, 7) is 2.83. The summed E-state index contributed by atoms with van der Waals surface area (Å²) in [6, 6.07) is 1.29. The van der Waals surface area contributed by atoms with Crippen molar-refractivity contribution >= 4 is 68.6 Å². The highest BCUT2D eigenvalue weighted by Gasteiger charge is 2.38. The molecule has 0 spiro atoms. The van der Waals surface area contributed by atoms with E-state index in [4.69, 9.17) is 23.2 Å². The smallest absolute Gasteiger partial charge is 0.305 e. The van der Waals surface area contributed by atoms with Gasteiger partial charge in [-0.3, -0.25) is 19.2 Å². The molecule has 3 N–H and O–H groups in total. The highest BCUT2D eigenvalue weighted by atomic mass is 35.5. The third-order valence-corrected chi connectivity index (χ3v) is 8.82.